The maximum atomic E-state index is 12.9. The summed E-state index contributed by atoms with van der Waals surface area (Å²) in [5.74, 6) is 0.809. The summed E-state index contributed by atoms with van der Waals surface area (Å²) in [7, 11) is -3.59. The van der Waals surface area contributed by atoms with Gasteiger partial charge in [-0.05, 0) is 56.5 Å². The van der Waals surface area contributed by atoms with E-state index < -0.39 is 10.0 Å². The number of nitrogens with one attached hydrogen (secondary N) is 1. The van der Waals surface area contributed by atoms with Crippen LogP contribution in [0.1, 0.15) is 32.3 Å². The lowest BCUT2D eigenvalue weighted by atomic mass is 9.98. The minimum Gasteiger partial charge on any atom is -0.490 e. The van der Waals surface area contributed by atoms with Crippen LogP contribution in [0.15, 0.2) is 53.4 Å². The average molecular weight is 447 g/mol. The van der Waals surface area contributed by atoms with Gasteiger partial charge in [0.2, 0.25) is 15.9 Å². The maximum absolute atomic E-state index is 12.9. The molecular weight excluding hydrogens is 416 g/mol. The molecule has 0 bridgehead atoms. The highest BCUT2D eigenvalue weighted by molar-refractivity contribution is 7.89. The third-order valence-corrected chi connectivity index (χ3v) is 7.09. The monoisotopic (exact) mass is 446 g/mol. The van der Waals surface area contributed by atoms with Crippen molar-refractivity contribution < 1.29 is 22.7 Å². The number of hydrogen-bond acceptors (Lipinski definition) is 5. The molecule has 8 heteroatoms. The number of hydrogen-bond donors (Lipinski definition) is 1. The second kappa shape index (κ2) is 10.6. The van der Waals surface area contributed by atoms with Gasteiger partial charge < -0.3 is 14.8 Å². The van der Waals surface area contributed by atoms with Crippen LogP contribution < -0.4 is 14.8 Å². The molecular formula is C23H30N2O5S. The van der Waals surface area contributed by atoms with Crippen LogP contribution in [0.5, 0.6) is 11.5 Å². The lowest BCUT2D eigenvalue weighted by Gasteiger charge is -2.31. The number of piperidine rings is 1. The van der Waals surface area contributed by atoms with E-state index in [2.05, 4.69) is 5.32 Å². The summed E-state index contributed by atoms with van der Waals surface area (Å²) in [5, 5.41) is 2.94. The van der Waals surface area contributed by atoms with Crippen LogP contribution in [-0.2, 0) is 21.4 Å². The van der Waals surface area contributed by atoms with Crippen molar-refractivity contribution >= 4 is 15.9 Å². The Morgan fingerprint density at radius 3 is 2.48 bits per heavy atom. The Labute approximate surface area is 184 Å². The highest BCUT2D eigenvalue weighted by Gasteiger charge is 2.33. The van der Waals surface area contributed by atoms with Gasteiger partial charge in [0, 0.05) is 19.6 Å². The number of benzene rings is 2. The average Bonchev–Trinajstić information content (AvgIpc) is 2.80. The Bertz CT molecular complexity index is 979. The molecule has 1 saturated heterocycles. The largest absolute Gasteiger partial charge is 0.490 e. The van der Waals surface area contributed by atoms with E-state index >= 15 is 0 Å². The van der Waals surface area contributed by atoms with Gasteiger partial charge >= 0.3 is 0 Å². The second-order valence-electron chi connectivity index (χ2n) is 7.38. The smallest absolute Gasteiger partial charge is 0.243 e. The molecule has 2 aromatic rings. The van der Waals surface area contributed by atoms with E-state index in [1.54, 1.807) is 30.3 Å². The molecule has 168 valence electrons. The van der Waals surface area contributed by atoms with Gasteiger partial charge in [-0.3, -0.25) is 4.79 Å². The fourth-order valence-corrected chi connectivity index (χ4v) is 5.20. The summed E-state index contributed by atoms with van der Waals surface area (Å²) in [4.78, 5) is 13.0. The van der Waals surface area contributed by atoms with E-state index in [9.17, 15) is 13.2 Å². The fraction of sp³-hybridized carbons (Fsp3) is 0.435. The van der Waals surface area contributed by atoms with E-state index in [1.165, 1.54) is 4.31 Å². The minimum atomic E-state index is -3.59. The second-order valence-corrected chi connectivity index (χ2v) is 9.32. The van der Waals surface area contributed by atoms with Gasteiger partial charge in [0.05, 0.1) is 24.0 Å². The molecule has 1 heterocycles. The van der Waals surface area contributed by atoms with E-state index in [0.717, 1.165) is 5.56 Å². The third kappa shape index (κ3) is 5.77. The van der Waals surface area contributed by atoms with Crippen LogP contribution in [0, 0.1) is 5.92 Å². The van der Waals surface area contributed by atoms with E-state index in [0.29, 0.717) is 50.6 Å². The molecule has 0 radical (unpaired) electrons. The topological polar surface area (TPSA) is 84.9 Å². The first-order chi connectivity index (χ1) is 15.0. The number of sulfonamides is 1. The summed E-state index contributed by atoms with van der Waals surface area (Å²) in [6.45, 7) is 5.84. The van der Waals surface area contributed by atoms with E-state index in [1.807, 2.05) is 32.0 Å². The van der Waals surface area contributed by atoms with Crippen LogP contribution in [-0.4, -0.2) is 44.9 Å². The molecule has 0 unspecified atom stereocenters. The van der Waals surface area contributed by atoms with Crippen molar-refractivity contribution in [3.63, 3.8) is 0 Å². The Balaban J connectivity index is 1.62. The minimum absolute atomic E-state index is 0.139. The molecule has 1 aliphatic rings. The van der Waals surface area contributed by atoms with Gasteiger partial charge in [0.25, 0.3) is 0 Å². The zero-order chi connectivity index (χ0) is 22.3. The zero-order valence-corrected chi connectivity index (χ0v) is 18.9. The lowest BCUT2D eigenvalue weighted by Crippen LogP contribution is -2.45. The Morgan fingerprint density at radius 2 is 1.77 bits per heavy atom. The molecule has 1 N–H and O–H groups in total. The first-order valence-electron chi connectivity index (χ1n) is 10.7. The quantitative estimate of drug-likeness (QED) is 0.639. The Hall–Kier alpha value is -2.58. The molecule has 1 atom stereocenters. The van der Waals surface area contributed by atoms with Crippen molar-refractivity contribution in [3.8, 4) is 11.5 Å². The molecule has 0 aliphatic carbocycles. The zero-order valence-electron chi connectivity index (χ0n) is 18.0. The highest BCUT2D eigenvalue weighted by atomic mass is 32.2. The van der Waals surface area contributed by atoms with Gasteiger partial charge in [-0.2, -0.15) is 4.31 Å². The Morgan fingerprint density at radius 1 is 1.06 bits per heavy atom. The number of nitrogens with zero attached hydrogens (tertiary/aromatic N) is 1. The number of carbonyl (C=O) groups excluding carboxylic acids is 1. The van der Waals surface area contributed by atoms with Crippen LogP contribution in [0.25, 0.3) is 0 Å². The van der Waals surface area contributed by atoms with Crippen LogP contribution >= 0.6 is 0 Å². The van der Waals surface area contributed by atoms with Gasteiger partial charge in [-0.15, -0.1) is 0 Å². The summed E-state index contributed by atoms with van der Waals surface area (Å²) in [5.41, 5.74) is 0.893. The summed E-state index contributed by atoms with van der Waals surface area (Å²) >= 11 is 0. The third-order valence-electron chi connectivity index (χ3n) is 5.21. The number of ether oxygens (including phenoxy) is 2. The van der Waals surface area contributed by atoms with Crippen molar-refractivity contribution in [1.82, 2.24) is 9.62 Å². The number of carbonyl (C=O) groups is 1. The van der Waals surface area contributed by atoms with Crippen LogP contribution in [0.4, 0.5) is 0 Å². The van der Waals surface area contributed by atoms with Crippen molar-refractivity contribution in [3.05, 3.63) is 54.1 Å². The first-order valence-corrected chi connectivity index (χ1v) is 12.1. The molecule has 1 fully saturated rings. The van der Waals surface area contributed by atoms with Gasteiger partial charge in [-0.1, -0.05) is 24.3 Å². The molecule has 7 nitrogen and oxygen atoms in total. The van der Waals surface area contributed by atoms with Crippen molar-refractivity contribution in [2.24, 2.45) is 5.92 Å². The standard InChI is InChI=1S/C23H30N2O5S/c1-3-29-21-13-12-18(15-22(21)30-4-2)16-24-23(26)19-9-8-14-25(17-19)31(27,28)20-10-6-5-7-11-20/h5-7,10-13,15,19H,3-4,8-9,14,16-17H2,1-2H3,(H,24,26)/t19-/m0/s1. The van der Waals surface area contributed by atoms with Crippen molar-refractivity contribution in [2.75, 3.05) is 26.3 Å². The fourth-order valence-electron chi connectivity index (χ4n) is 3.66. The lowest BCUT2D eigenvalue weighted by molar-refractivity contribution is -0.126. The molecule has 0 aromatic heterocycles. The molecule has 2 aromatic carbocycles. The number of rotatable bonds is 9. The highest BCUT2D eigenvalue weighted by Crippen LogP contribution is 2.29. The maximum Gasteiger partial charge on any atom is 0.243 e. The predicted molar refractivity (Wildman–Crippen MR) is 119 cm³/mol. The SMILES string of the molecule is CCOc1ccc(CNC(=O)[C@H]2CCCN(S(=O)(=O)c3ccccc3)C2)cc1OCC. The van der Waals surface area contributed by atoms with E-state index in [4.69, 9.17) is 9.47 Å². The van der Waals surface area contributed by atoms with Crippen LogP contribution in [0.2, 0.25) is 0 Å². The predicted octanol–water partition coefficient (Wildman–Crippen LogP) is 3.20. The molecule has 0 spiro atoms. The normalized spacial score (nSPS) is 17.2. The summed E-state index contributed by atoms with van der Waals surface area (Å²) in [6, 6.07) is 13.9. The van der Waals surface area contributed by atoms with Gasteiger partial charge in [0.15, 0.2) is 11.5 Å². The molecule has 0 saturated carbocycles. The summed E-state index contributed by atoms with van der Waals surface area (Å²) in [6.07, 6.45) is 1.32. The molecule has 31 heavy (non-hydrogen) atoms. The summed E-state index contributed by atoms with van der Waals surface area (Å²) < 4.78 is 38.4. The van der Waals surface area contributed by atoms with Gasteiger partial charge in [0.1, 0.15) is 0 Å². The Kier molecular flexibility index (Phi) is 7.92. The molecule has 3 rings (SSSR count). The van der Waals surface area contributed by atoms with Crippen molar-refractivity contribution in [1.29, 1.82) is 0 Å². The molecule has 1 amide bonds. The molecule has 1 aliphatic heterocycles. The van der Waals surface area contributed by atoms with Gasteiger partial charge in [-0.25, -0.2) is 8.42 Å². The first kappa shape index (κ1) is 23.1. The van der Waals surface area contributed by atoms with Crippen molar-refractivity contribution in [2.45, 2.75) is 38.1 Å². The van der Waals surface area contributed by atoms with Crippen LogP contribution in [0.3, 0.4) is 0 Å². The van der Waals surface area contributed by atoms with E-state index in [-0.39, 0.29) is 23.3 Å². The number of amides is 1.